The minimum absolute atomic E-state index is 0.225. The van der Waals surface area contributed by atoms with Gasteiger partial charge in [-0.05, 0) is 62.1 Å². The van der Waals surface area contributed by atoms with Crippen LogP contribution in [0.5, 0.6) is 0 Å². The molecule has 1 aliphatic heterocycles. The van der Waals surface area contributed by atoms with E-state index in [1.54, 1.807) is 0 Å². The van der Waals surface area contributed by atoms with E-state index in [1.165, 1.54) is 47.1 Å². The molecule has 3 aromatic heterocycles. The van der Waals surface area contributed by atoms with E-state index in [2.05, 4.69) is 75.3 Å². The molecule has 4 heterocycles. The van der Waals surface area contributed by atoms with Gasteiger partial charge >= 0.3 is 0 Å². The lowest BCUT2D eigenvalue weighted by Gasteiger charge is -2.39. The van der Waals surface area contributed by atoms with Gasteiger partial charge in [-0.15, -0.1) is 11.3 Å². The molecule has 7 heteroatoms. The average Bonchev–Trinajstić information content (AvgIpc) is 3.38. The minimum Gasteiger partial charge on any atom is -0.379 e. The van der Waals surface area contributed by atoms with Crippen LogP contribution < -0.4 is 0 Å². The van der Waals surface area contributed by atoms with E-state index in [0.717, 1.165) is 48.7 Å². The lowest BCUT2D eigenvalue weighted by atomic mass is 9.81. The van der Waals surface area contributed by atoms with E-state index >= 15 is 0 Å². The lowest BCUT2D eigenvalue weighted by molar-refractivity contribution is 0.00729. The Hall–Kier alpha value is -1.54. The van der Waals surface area contributed by atoms with Crippen molar-refractivity contribution in [1.29, 1.82) is 0 Å². The second kappa shape index (κ2) is 9.40. The summed E-state index contributed by atoms with van der Waals surface area (Å²) in [4.78, 5) is 14.1. The van der Waals surface area contributed by atoms with Gasteiger partial charge in [-0.1, -0.05) is 33.9 Å². The Labute approximate surface area is 216 Å². The zero-order valence-electron chi connectivity index (χ0n) is 22.6. The van der Waals surface area contributed by atoms with Crippen molar-refractivity contribution >= 4 is 30.6 Å². The first kappa shape index (κ1) is 25.1. The molecule has 0 unspecified atom stereocenters. The number of aromatic nitrogens is 3. The van der Waals surface area contributed by atoms with Gasteiger partial charge in [0.2, 0.25) is 0 Å². The summed E-state index contributed by atoms with van der Waals surface area (Å²) in [7, 11) is -1.83. The normalized spacial score (nSPS) is 22.7. The highest BCUT2D eigenvalue weighted by Crippen LogP contribution is 2.43. The van der Waals surface area contributed by atoms with Crippen LogP contribution in [-0.2, 0) is 4.74 Å². The number of hydrogen-bond donors (Lipinski definition) is 0. The number of ether oxygens (including phenoxy) is 1. The van der Waals surface area contributed by atoms with E-state index in [-0.39, 0.29) is 5.04 Å². The summed E-state index contributed by atoms with van der Waals surface area (Å²) in [5.41, 5.74) is 4.96. The van der Waals surface area contributed by atoms with Gasteiger partial charge < -0.3 is 8.97 Å². The highest BCUT2D eigenvalue weighted by molar-refractivity contribution is 7.15. The number of thiazole rings is 1. The van der Waals surface area contributed by atoms with Crippen molar-refractivity contribution in [3.63, 3.8) is 0 Å². The molecule has 2 aliphatic rings. The number of hydrogen-bond acceptors (Lipinski definition) is 5. The van der Waals surface area contributed by atoms with E-state index in [0.29, 0.717) is 5.92 Å². The number of pyridine rings is 1. The average molecular weight is 511 g/mol. The van der Waals surface area contributed by atoms with Crippen LogP contribution >= 0.6 is 11.3 Å². The van der Waals surface area contributed by atoms with Gasteiger partial charge in [0.15, 0.2) is 8.24 Å². The van der Waals surface area contributed by atoms with Gasteiger partial charge in [-0.2, -0.15) is 0 Å². The Bertz CT molecular complexity index is 1170. The SMILES string of the molecule is Cc1nc(-c2cn([Si](C)(C)C(C)(C)C)c3ncc([C@H]4CC[C@H](N5CCOCC5)CC4)cc23)sc1C. The molecule has 5 rings (SSSR count). The largest absolute Gasteiger partial charge is 0.379 e. The summed E-state index contributed by atoms with van der Waals surface area (Å²) < 4.78 is 8.12. The molecule has 0 bridgehead atoms. The first-order chi connectivity index (χ1) is 16.6. The van der Waals surface area contributed by atoms with Crippen molar-refractivity contribution in [3.8, 4) is 10.6 Å². The molecule has 0 spiro atoms. The van der Waals surface area contributed by atoms with Crippen molar-refractivity contribution in [2.24, 2.45) is 0 Å². The molecular weight excluding hydrogens is 468 g/mol. The Balaban J connectivity index is 1.50. The van der Waals surface area contributed by atoms with E-state index in [4.69, 9.17) is 14.7 Å². The van der Waals surface area contributed by atoms with E-state index < -0.39 is 8.24 Å². The number of fused-ring (bicyclic) bond motifs is 1. The van der Waals surface area contributed by atoms with Crippen molar-refractivity contribution in [1.82, 2.24) is 19.1 Å². The third kappa shape index (κ3) is 4.65. The predicted octanol–water partition coefficient (Wildman–Crippen LogP) is 6.99. The molecule has 0 atom stereocenters. The summed E-state index contributed by atoms with van der Waals surface area (Å²) in [6.07, 6.45) is 9.64. The Morgan fingerprint density at radius 2 is 1.74 bits per heavy atom. The number of rotatable bonds is 4. The monoisotopic (exact) mass is 510 g/mol. The molecule has 1 aliphatic carbocycles. The van der Waals surface area contributed by atoms with E-state index in [9.17, 15) is 0 Å². The Kier molecular flexibility index (Phi) is 6.75. The zero-order chi connectivity index (χ0) is 25.0. The lowest BCUT2D eigenvalue weighted by Crippen LogP contribution is -2.45. The standard InChI is InChI=1S/C28H42N4OSSi/c1-19-20(2)34-27(30-19)25-18-32(35(6,7)28(3,4)5)26-24(25)16-22(17-29-26)21-8-10-23(11-9-21)31-12-14-33-15-13-31/h16-18,21,23H,8-15H2,1-7H3/t21-,23-. The molecule has 0 radical (unpaired) electrons. The van der Waals surface area contributed by atoms with Crippen molar-refractivity contribution in [2.75, 3.05) is 26.3 Å². The van der Waals surface area contributed by atoms with Crippen LogP contribution in [0.15, 0.2) is 18.5 Å². The van der Waals surface area contributed by atoms with Crippen molar-refractivity contribution in [2.45, 2.75) is 90.4 Å². The van der Waals surface area contributed by atoms with Gasteiger partial charge in [-0.3, -0.25) is 4.90 Å². The van der Waals surface area contributed by atoms with Crippen molar-refractivity contribution < 1.29 is 4.74 Å². The van der Waals surface area contributed by atoms with E-state index in [1.807, 2.05) is 11.3 Å². The van der Waals surface area contributed by atoms with Crippen LogP contribution in [0.2, 0.25) is 18.1 Å². The third-order valence-electron chi connectivity index (χ3n) is 9.09. The van der Waals surface area contributed by atoms with Gasteiger partial charge in [0, 0.05) is 47.4 Å². The molecule has 2 fully saturated rings. The summed E-state index contributed by atoms with van der Waals surface area (Å²) in [5, 5.41) is 2.65. The highest BCUT2D eigenvalue weighted by Gasteiger charge is 2.39. The Morgan fingerprint density at radius 1 is 1.06 bits per heavy atom. The first-order valence-electron chi connectivity index (χ1n) is 13.3. The fourth-order valence-electron chi connectivity index (χ4n) is 5.61. The number of morpholine rings is 1. The first-order valence-corrected chi connectivity index (χ1v) is 17.1. The third-order valence-corrected chi connectivity index (χ3v) is 15.4. The fourth-order valence-corrected chi connectivity index (χ4v) is 8.43. The quantitative estimate of drug-likeness (QED) is 0.355. The van der Waals surface area contributed by atoms with Crippen LogP contribution in [0.1, 0.15) is 68.5 Å². The van der Waals surface area contributed by atoms with Gasteiger partial charge in [0.05, 0.1) is 18.9 Å². The zero-order valence-corrected chi connectivity index (χ0v) is 24.5. The maximum absolute atomic E-state index is 5.57. The minimum atomic E-state index is -1.83. The highest BCUT2D eigenvalue weighted by atomic mass is 32.1. The smallest absolute Gasteiger partial charge is 0.163 e. The molecule has 0 amide bonds. The molecule has 190 valence electrons. The molecule has 5 nitrogen and oxygen atoms in total. The molecular formula is C28H42N4OSSi. The van der Waals surface area contributed by atoms with Crippen LogP contribution in [0.25, 0.3) is 21.6 Å². The summed E-state index contributed by atoms with van der Waals surface area (Å²) >= 11 is 1.82. The second-order valence-electron chi connectivity index (χ2n) is 12.2. The van der Waals surface area contributed by atoms with Crippen molar-refractivity contribution in [3.05, 3.63) is 34.6 Å². The number of aryl methyl sites for hydroxylation is 2. The number of nitrogens with zero attached hydrogens (tertiary/aromatic N) is 4. The molecule has 35 heavy (non-hydrogen) atoms. The fraction of sp³-hybridized carbons (Fsp3) is 0.643. The van der Waals surface area contributed by atoms with Gasteiger partial charge in [0.1, 0.15) is 10.7 Å². The summed E-state index contributed by atoms with van der Waals surface area (Å²) in [6.45, 7) is 20.4. The maximum atomic E-state index is 5.57. The summed E-state index contributed by atoms with van der Waals surface area (Å²) in [5.74, 6) is 0.605. The predicted molar refractivity (Wildman–Crippen MR) is 150 cm³/mol. The van der Waals surface area contributed by atoms with Crippen LogP contribution in [0.3, 0.4) is 0 Å². The Morgan fingerprint density at radius 3 is 2.34 bits per heavy atom. The van der Waals surface area contributed by atoms with Crippen LogP contribution in [0, 0.1) is 13.8 Å². The van der Waals surface area contributed by atoms with Crippen LogP contribution in [0.4, 0.5) is 0 Å². The summed E-state index contributed by atoms with van der Waals surface area (Å²) in [6, 6.07) is 3.19. The molecule has 1 saturated carbocycles. The molecule has 1 saturated heterocycles. The van der Waals surface area contributed by atoms with Gasteiger partial charge in [0.25, 0.3) is 0 Å². The molecule has 0 aromatic carbocycles. The van der Waals surface area contributed by atoms with Gasteiger partial charge in [-0.25, -0.2) is 9.97 Å². The topological polar surface area (TPSA) is 43.2 Å². The maximum Gasteiger partial charge on any atom is 0.163 e. The van der Waals surface area contributed by atoms with Crippen LogP contribution in [-0.4, -0.2) is 59.7 Å². The second-order valence-corrected chi connectivity index (χ2v) is 18.5. The molecule has 0 N–H and O–H groups in total. The molecule has 3 aromatic rings.